The Morgan fingerprint density at radius 3 is 2.47 bits per heavy atom. The van der Waals surface area contributed by atoms with Crippen molar-refractivity contribution in [2.45, 2.75) is 18.9 Å². The van der Waals surface area contributed by atoms with E-state index in [0.29, 0.717) is 6.10 Å². The monoisotopic (exact) mass is 232 g/mol. The highest BCUT2D eigenvalue weighted by atomic mass is 16.5. The van der Waals surface area contributed by atoms with E-state index in [2.05, 4.69) is 10.6 Å². The van der Waals surface area contributed by atoms with Crippen LogP contribution in [0.3, 0.4) is 0 Å². The van der Waals surface area contributed by atoms with Gasteiger partial charge in [0.15, 0.2) is 0 Å². The Morgan fingerprint density at radius 2 is 1.94 bits per heavy atom. The molecular formula is C13H16N2O2. The molecule has 0 spiro atoms. The molecule has 17 heavy (non-hydrogen) atoms. The summed E-state index contributed by atoms with van der Waals surface area (Å²) in [5, 5.41) is 6.06. The maximum atomic E-state index is 11.5. The second-order valence-corrected chi connectivity index (χ2v) is 4.69. The van der Waals surface area contributed by atoms with Crippen molar-refractivity contribution in [3.8, 4) is 5.75 Å². The van der Waals surface area contributed by atoms with E-state index in [9.17, 15) is 4.79 Å². The summed E-state index contributed by atoms with van der Waals surface area (Å²) in [4.78, 5) is 11.5. The summed E-state index contributed by atoms with van der Waals surface area (Å²) in [6, 6.07) is 7.59. The largest absolute Gasteiger partial charge is 0.488 e. The predicted octanol–water partition coefficient (Wildman–Crippen LogP) is 1.39. The fraction of sp³-hybridized carbons (Fsp3) is 0.462. The first kappa shape index (κ1) is 10.6. The SMILES string of the molecule is O=C(Nc1ccc(OC2CNC2)cc1)C1CC1. The summed E-state index contributed by atoms with van der Waals surface area (Å²) in [7, 11) is 0. The van der Waals surface area contributed by atoms with Crippen molar-refractivity contribution in [2.75, 3.05) is 18.4 Å². The molecule has 2 fully saturated rings. The van der Waals surface area contributed by atoms with E-state index in [1.807, 2.05) is 24.3 Å². The third kappa shape index (κ3) is 2.58. The van der Waals surface area contributed by atoms with E-state index in [0.717, 1.165) is 37.4 Å². The minimum absolute atomic E-state index is 0.141. The summed E-state index contributed by atoms with van der Waals surface area (Å²) < 4.78 is 5.69. The maximum absolute atomic E-state index is 11.5. The van der Waals surface area contributed by atoms with Gasteiger partial charge < -0.3 is 15.4 Å². The molecule has 0 bridgehead atoms. The molecule has 1 aliphatic heterocycles. The van der Waals surface area contributed by atoms with Crippen molar-refractivity contribution < 1.29 is 9.53 Å². The Bertz CT molecular complexity index is 408. The second kappa shape index (κ2) is 4.37. The number of carbonyl (C=O) groups excluding carboxylic acids is 1. The number of carbonyl (C=O) groups is 1. The van der Waals surface area contributed by atoms with Gasteiger partial charge in [0.05, 0.1) is 0 Å². The van der Waals surface area contributed by atoms with Crippen molar-refractivity contribution >= 4 is 11.6 Å². The first-order chi connectivity index (χ1) is 8.31. The zero-order valence-corrected chi connectivity index (χ0v) is 9.61. The van der Waals surface area contributed by atoms with Crippen molar-refractivity contribution in [1.29, 1.82) is 0 Å². The van der Waals surface area contributed by atoms with E-state index in [1.54, 1.807) is 0 Å². The van der Waals surface area contributed by atoms with Crippen LogP contribution in [0.1, 0.15) is 12.8 Å². The number of anilines is 1. The van der Waals surface area contributed by atoms with E-state index >= 15 is 0 Å². The normalized spacial score (nSPS) is 19.5. The van der Waals surface area contributed by atoms with Crippen LogP contribution < -0.4 is 15.4 Å². The molecule has 2 aliphatic rings. The molecule has 2 N–H and O–H groups in total. The van der Waals surface area contributed by atoms with Gasteiger partial charge in [0, 0.05) is 24.7 Å². The van der Waals surface area contributed by atoms with Gasteiger partial charge in [0.2, 0.25) is 5.91 Å². The average molecular weight is 232 g/mol. The number of amides is 1. The lowest BCUT2D eigenvalue weighted by molar-refractivity contribution is -0.117. The number of hydrogen-bond donors (Lipinski definition) is 2. The van der Waals surface area contributed by atoms with E-state index in [-0.39, 0.29) is 11.8 Å². The molecule has 4 nitrogen and oxygen atoms in total. The minimum Gasteiger partial charge on any atom is -0.488 e. The van der Waals surface area contributed by atoms with Gasteiger partial charge in [-0.3, -0.25) is 4.79 Å². The summed E-state index contributed by atoms with van der Waals surface area (Å²) in [5.41, 5.74) is 0.848. The third-order valence-electron chi connectivity index (χ3n) is 3.12. The summed E-state index contributed by atoms with van der Waals surface area (Å²) in [5.74, 6) is 1.25. The average Bonchev–Trinajstić information content (AvgIpc) is 3.09. The fourth-order valence-electron chi connectivity index (χ4n) is 1.74. The lowest BCUT2D eigenvalue weighted by Gasteiger charge is -2.27. The lowest BCUT2D eigenvalue weighted by Crippen LogP contribution is -2.50. The van der Waals surface area contributed by atoms with Gasteiger partial charge in [-0.05, 0) is 37.1 Å². The van der Waals surface area contributed by atoms with Gasteiger partial charge >= 0.3 is 0 Å². The Labute approximate surface area is 100 Å². The van der Waals surface area contributed by atoms with Gasteiger partial charge in [0.25, 0.3) is 0 Å². The zero-order chi connectivity index (χ0) is 11.7. The number of nitrogens with one attached hydrogen (secondary N) is 2. The van der Waals surface area contributed by atoms with Gasteiger partial charge in [-0.1, -0.05) is 0 Å². The molecular weight excluding hydrogens is 216 g/mol. The standard InChI is InChI=1S/C13H16N2O2/c16-13(9-1-2-9)15-10-3-5-11(6-4-10)17-12-7-14-8-12/h3-6,9,12,14H,1-2,7-8H2,(H,15,16). The highest BCUT2D eigenvalue weighted by Crippen LogP contribution is 2.30. The van der Waals surface area contributed by atoms with Crippen LogP contribution in [0.4, 0.5) is 5.69 Å². The Morgan fingerprint density at radius 1 is 1.24 bits per heavy atom. The molecule has 0 aromatic heterocycles. The molecule has 1 aromatic carbocycles. The van der Waals surface area contributed by atoms with Gasteiger partial charge in [0.1, 0.15) is 11.9 Å². The fourth-order valence-corrected chi connectivity index (χ4v) is 1.74. The topological polar surface area (TPSA) is 50.4 Å². The zero-order valence-electron chi connectivity index (χ0n) is 9.61. The maximum Gasteiger partial charge on any atom is 0.227 e. The molecule has 1 aromatic rings. The Balaban J connectivity index is 1.56. The van der Waals surface area contributed by atoms with Crippen LogP contribution in [0.5, 0.6) is 5.75 Å². The highest BCUT2D eigenvalue weighted by Gasteiger charge is 2.29. The first-order valence-corrected chi connectivity index (χ1v) is 6.09. The van der Waals surface area contributed by atoms with Crippen LogP contribution in [0.15, 0.2) is 24.3 Å². The lowest BCUT2D eigenvalue weighted by atomic mass is 10.2. The molecule has 1 aliphatic carbocycles. The van der Waals surface area contributed by atoms with Gasteiger partial charge in [-0.2, -0.15) is 0 Å². The van der Waals surface area contributed by atoms with Crippen molar-refractivity contribution in [3.63, 3.8) is 0 Å². The molecule has 0 unspecified atom stereocenters. The summed E-state index contributed by atoms with van der Waals surface area (Å²) in [6.07, 6.45) is 2.35. The number of rotatable bonds is 4. The van der Waals surface area contributed by atoms with E-state index < -0.39 is 0 Å². The van der Waals surface area contributed by atoms with Crippen LogP contribution in [-0.2, 0) is 4.79 Å². The number of ether oxygens (including phenoxy) is 1. The van der Waals surface area contributed by atoms with Crippen molar-refractivity contribution in [3.05, 3.63) is 24.3 Å². The second-order valence-electron chi connectivity index (χ2n) is 4.69. The molecule has 0 radical (unpaired) electrons. The summed E-state index contributed by atoms with van der Waals surface area (Å²) in [6.45, 7) is 1.83. The Kier molecular flexibility index (Phi) is 2.73. The van der Waals surface area contributed by atoms with Crippen LogP contribution >= 0.6 is 0 Å². The van der Waals surface area contributed by atoms with Gasteiger partial charge in [-0.25, -0.2) is 0 Å². The van der Waals surface area contributed by atoms with Crippen molar-refractivity contribution in [2.24, 2.45) is 5.92 Å². The predicted molar refractivity (Wildman–Crippen MR) is 65.1 cm³/mol. The van der Waals surface area contributed by atoms with Crippen LogP contribution in [0.25, 0.3) is 0 Å². The molecule has 1 saturated heterocycles. The number of benzene rings is 1. The quantitative estimate of drug-likeness (QED) is 0.824. The smallest absolute Gasteiger partial charge is 0.227 e. The van der Waals surface area contributed by atoms with Crippen LogP contribution in [0.2, 0.25) is 0 Å². The first-order valence-electron chi connectivity index (χ1n) is 6.09. The molecule has 1 heterocycles. The van der Waals surface area contributed by atoms with Gasteiger partial charge in [-0.15, -0.1) is 0 Å². The molecule has 3 rings (SSSR count). The minimum atomic E-state index is 0.141. The molecule has 4 heteroatoms. The van der Waals surface area contributed by atoms with Crippen LogP contribution in [-0.4, -0.2) is 25.1 Å². The number of hydrogen-bond acceptors (Lipinski definition) is 3. The van der Waals surface area contributed by atoms with E-state index in [1.165, 1.54) is 0 Å². The molecule has 0 atom stereocenters. The third-order valence-corrected chi connectivity index (χ3v) is 3.12. The highest BCUT2D eigenvalue weighted by molar-refractivity contribution is 5.94. The molecule has 1 saturated carbocycles. The van der Waals surface area contributed by atoms with E-state index in [4.69, 9.17) is 4.74 Å². The summed E-state index contributed by atoms with van der Waals surface area (Å²) >= 11 is 0. The van der Waals surface area contributed by atoms with Crippen molar-refractivity contribution in [1.82, 2.24) is 5.32 Å². The molecule has 1 amide bonds. The van der Waals surface area contributed by atoms with Crippen LogP contribution in [0, 0.1) is 5.92 Å². The molecule has 90 valence electrons. The Hall–Kier alpha value is -1.55.